The summed E-state index contributed by atoms with van der Waals surface area (Å²) in [5.74, 6) is 1.91. The summed E-state index contributed by atoms with van der Waals surface area (Å²) >= 11 is 0. The molecule has 1 aliphatic heterocycles. The van der Waals surface area contributed by atoms with Gasteiger partial charge in [-0.15, -0.1) is 0 Å². The molecule has 0 bridgehead atoms. The van der Waals surface area contributed by atoms with Crippen LogP contribution >= 0.6 is 0 Å². The fourth-order valence-electron chi connectivity index (χ4n) is 3.61. The van der Waals surface area contributed by atoms with Gasteiger partial charge in [-0.1, -0.05) is 48.9 Å². The molecule has 1 heterocycles. The Morgan fingerprint density at radius 2 is 1.70 bits per heavy atom. The van der Waals surface area contributed by atoms with E-state index in [0.717, 1.165) is 11.8 Å². The molecule has 1 saturated carbocycles. The van der Waals surface area contributed by atoms with Crippen LogP contribution in [-0.4, -0.2) is 24.5 Å². The van der Waals surface area contributed by atoms with Crippen LogP contribution in [0.3, 0.4) is 0 Å². The van der Waals surface area contributed by atoms with Gasteiger partial charge >= 0.3 is 0 Å². The van der Waals surface area contributed by atoms with E-state index in [1.165, 1.54) is 63.7 Å². The van der Waals surface area contributed by atoms with Gasteiger partial charge in [0, 0.05) is 6.54 Å². The van der Waals surface area contributed by atoms with E-state index >= 15 is 0 Å². The summed E-state index contributed by atoms with van der Waals surface area (Å²) in [6.45, 7) is 4.07. The molecule has 0 amide bonds. The molecule has 1 saturated heterocycles. The number of allylic oxidation sites excluding steroid dienone is 1. The highest BCUT2D eigenvalue weighted by Gasteiger charge is 2.31. The van der Waals surface area contributed by atoms with Gasteiger partial charge in [-0.05, 0) is 62.6 Å². The molecule has 1 aromatic rings. The molecule has 2 atom stereocenters. The zero-order chi connectivity index (χ0) is 13.6. The van der Waals surface area contributed by atoms with Gasteiger partial charge in [0.05, 0.1) is 0 Å². The maximum absolute atomic E-state index is 2.71. The van der Waals surface area contributed by atoms with Crippen LogP contribution in [0.5, 0.6) is 0 Å². The second-order valence-corrected chi connectivity index (χ2v) is 6.51. The van der Waals surface area contributed by atoms with E-state index in [2.05, 4.69) is 47.4 Å². The van der Waals surface area contributed by atoms with Crippen LogP contribution in [-0.2, 0) is 0 Å². The molecule has 2 fully saturated rings. The van der Waals surface area contributed by atoms with Gasteiger partial charge in [-0.2, -0.15) is 0 Å². The Morgan fingerprint density at radius 1 is 0.950 bits per heavy atom. The lowest BCUT2D eigenvalue weighted by atomic mass is 9.71. The van der Waals surface area contributed by atoms with Gasteiger partial charge in [-0.3, -0.25) is 0 Å². The Bertz CT molecular complexity index is 417. The summed E-state index contributed by atoms with van der Waals surface area (Å²) in [6.07, 6.45) is 13.1. The van der Waals surface area contributed by atoms with E-state index in [0.29, 0.717) is 0 Å². The van der Waals surface area contributed by atoms with E-state index < -0.39 is 0 Å². The van der Waals surface area contributed by atoms with Crippen molar-refractivity contribution in [3.63, 3.8) is 0 Å². The van der Waals surface area contributed by atoms with E-state index in [4.69, 9.17) is 0 Å². The zero-order valence-electron chi connectivity index (χ0n) is 12.5. The molecule has 1 heteroatoms. The Morgan fingerprint density at radius 3 is 2.40 bits per heavy atom. The molecule has 0 N–H and O–H groups in total. The van der Waals surface area contributed by atoms with E-state index in [1.54, 1.807) is 0 Å². The molecular weight excluding hydrogens is 242 g/mol. The van der Waals surface area contributed by atoms with Gasteiger partial charge in [0.1, 0.15) is 0 Å². The highest BCUT2D eigenvalue weighted by Crippen LogP contribution is 2.38. The molecule has 3 rings (SSSR count). The summed E-state index contributed by atoms with van der Waals surface area (Å²) in [5, 5.41) is 0. The zero-order valence-corrected chi connectivity index (χ0v) is 12.5. The molecule has 2 aliphatic rings. The molecule has 2 unspecified atom stereocenters. The maximum Gasteiger partial charge on any atom is 0.00124 e. The number of hydrogen-bond acceptors (Lipinski definition) is 1. The average molecular weight is 269 g/mol. The molecule has 0 aromatic heterocycles. The standard InChI is InChI=1S/C19H27N/c1-3-8-17(9-4-1)10-7-11-18-12-13-19(18)16-20-14-5-2-6-15-20/h1,3-4,7-10,18-19H,2,5-6,11-16H2/b10-7+. The van der Waals surface area contributed by atoms with Crippen molar-refractivity contribution < 1.29 is 0 Å². The van der Waals surface area contributed by atoms with Gasteiger partial charge < -0.3 is 4.90 Å². The molecule has 0 radical (unpaired) electrons. The first-order valence-corrected chi connectivity index (χ1v) is 8.36. The number of piperidine rings is 1. The highest BCUT2D eigenvalue weighted by atomic mass is 15.1. The third-order valence-corrected chi connectivity index (χ3v) is 5.07. The average Bonchev–Trinajstić information content (AvgIpc) is 2.50. The molecule has 1 nitrogen and oxygen atoms in total. The van der Waals surface area contributed by atoms with Crippen LogP contribution in [0.4, 0.5) is 0 Å². The monoisotopic (exact) mass is 269 g/mol. The van der Waals surface area contributed by atoms with Crippen molar-refractivity contribution in [1.82, 2.24) is 4.90 Å². The summed E-state index contributed by atoms with van der Waals surface area (Å²) in [4.78, 5) is 2.71. The third kappa shape index (κ3) is 3.73. The summed E-state index contributed by atoms with van der Waals surface area (Å²) in [7, 11) is 0. The Labute approximate surface area is 123 Å². The SMILES string of the molecule is C(=C\c1ccccc1)/CC1CCC1CN1CCCCC1. The molecule has 108 valence electrons. The number of nitrogens with zero attached hydrogens (tertiary/aromatic N) is 1. The Kier molecular flexibility index (Phi) is 4.91. The smallest absolute Gasteiger partial charge is 0.00124 e. The van der Waals surface area contributed by atoms with Crippen molar-refractivity contribution >= 4 is 6.08 Å². The largest absolute Gasteiger partial charge is 0.303 e. The van der Waals surface area contributed by atoms with Crippen molar-refractivity contribution in [2.75, 3.05) is 19.6 Å². The molecular formula is C19H27N. The lowest BCUT2D eigenvalue weighted by Crippen LogP contribution is -2.40. The van der Waals surface area contributed by atoms with Crippen LogP contribution in [0.1, 0.15) is 44.1 Å². The quantitative estimate of drug-likeness (QED) is 0.755. The fourth-order valence-corrected chi connectivity index (χ4v) is 3.61. The second kappa shape index (κ2) is 7.08. The minimum Gasteiger partial charge on any atom is -0.303 e. The highest BCUT2D eigenvalue weighted by molar-refractivity contribution is 5.48. The van der Waals surface area contributed by atoms with Crippen LogP contribution in [0.15, 0.2) is 36.4 Å². The molecule has 20 heavy (non-hydrogen) atoms. The normalized spacial score (nSPS) is 27.6. The summed E-state index contributed by atoms with van der Waals surface area (Å²) in [6, 6.07) is 10.7. The summed E-state index contributed by atoms with van der Waals surface area (Å²) < 4.78 is 0. The first-order valence-electron chi connectivity index (χ1n) is 8.36. The van der Waals surface area contributed by atoms with Gasteiger partial charge in [0.25, 0.3) is 0 Å². The van der Waals surface area contributed by atoms with Crippen molar-refractivity contribution in [2.24, 2.45) is 11.8 Å². The minimum absolute atomic E-state index is 0.942. The second-order valence-electron chi connectivity index (χ2n) is 6.51. The van der Waals surface area contributed by atoms with E-state index in [1.807, 2.05) is 0 Å². The van der Waals surface area contributed by atoms with E-state index in [-0.39, 0.29) is 0 Å². The van der Waals surface area contributed by atoms with Gasteiger partial charge in [-0.25, -0.2) is 0 Å². The van der Waals surface area contributed by atoms with E-state index in [9.17, 15) is 0 Å². The molecule has 1 aromatic carbocycles. The van der Waals surface area contributed by atoms with Crippen LogP contribution in [0.25, 0.3) is 6.08 Å². The Balaban J connectivity index is 1.43. The number of benzene rings is 1. The lowest BCUT2D eigenvalue weighted by molar-refractivity contribution is 0.0990. The predicted octanol–water partition coefficient (Wildman–Crippen LogP) is 4.60. The third-order valence-electron chi connectivity index (χ3n) is 5.07. The van der Waals surface area contributed by atoms with Gasteiger partial charge in [0.15, 0.2) is 0 Å². The number of hydrogen-bond donors (Lipinski definition) is 0. The van der Waals surface area contributed by atoms with Crippen molar-refractivity contribution in [3.8, 4) is 0 Å². The van der Waals surface area contributed by atoms with Crippen LogP contribution in [0.2, 0.25) is 0 Å². The van der Waals surface area contributed by atoms with Crippen molar-refractivity contribution in [2.45, 2.75) is 38.5 Å². The minimum atomic E-state index is 0.942. The number of rotatable bonds is 5. The lowest BCUT2D eigenvalue weighted by Gasteiger charge is -2.40. The Hall–Kier alpha value is -1.08. The van der Waals surface area contributed by atoms with Gasteiger partial charge in [0.2, 0.25) is 0 Å². The first-order chi connectivity index (χ1) is 9.92. The molecule has 0 spiro atoms. The molecule has 1 aliphatic carbocycles. The maximum atomic E-state index is 2.71. The van der Waals surface area contributed by atoms with Crippen molar-refractivity contribution in [1.29, 1.82) is 0 Å². The van der Waals surface area contributed by atoms with Crippen molar-refractivity contribution in [3.05, 3.63) is 42.0 Å². The van der Waals surface area contributed by atoms with Crippen LogP contribution in [0, 0.1) is 11.8 Å². The fraction of sp³-hybridized carbons (Fsp3) is 0.579. The van der Waals surface area contributed by atoms with Crippen LogP contribution < -0.4 is 0 Å². The predicted molar refractivity (Wildman–Crippen MR) is 86.6 cm³/mol. The summed E-state index contributed by atoms with van der Waals surface area (Å²) in [5.41, 5.74) is 1.33. The first kappa shape index (κ1) is 13.9. The number of likely N-dealkylation sites (tertiary alicyclic amines) is 1. The topological polar surface area (TPSA) is 3.24 Å².